The van der Waals surface area contributed by atoms with Crippen molar-refractivity contribution in [2.45, 2.75) is 26.2 Å². The summed E-state index contributed by atoms with van der Waals surface area (Å²) in [7, 11) is 4.18. The van der Waals surface area contributed by atoms with Crippen LogP contribution in [-0.4, -0.2) is 55.1 Å². The second-order valence-corrected chi connectivity index (χ2v) is 5.99. The molecule has 0 aromatic carbocycles. The molecule has 20 heavy (non-hydrogen) atoms. The molecule has 0 bridgehead atoms. The van der Waals surface area contributed by atoms with Crippen LogP contribution in [0.25, 0.3) is 0 Å². The predicted molar refractivity (Wildman–Crippen MR) is 84.3 cm³/mol. The number of rotatable bonds is 6. The molecule has 1 aromatic rings. The monoisotopic (exact) mass is 277 g/mol. The lowest BCUT2D eigenvalue weighted by molar-refractivity contribution is 0.405. The van der Waals surface area contributed by atoms with E-state index in [-0.39, 0.29) is 0 Å². The molecule has 1 aliphatic heterocycles. The minimum absolute atomic E-state index is 0.750. The van der Waals surface area contributed by atoms with Crippen LogP contribution in [0.2, 0.25) is 0 Å². The summed E-state index contributed by atoms with van der Waals surface area (Å²) in [6.45, 7) is 6.54. The van der Waals surface area contributed by atoms with Gasteiger partial charge in [-0.05, 0) is 51.9 Å². The molecular weight excluding hydrogens is 250 g/mol. The van der Waals surface area contributed by atoms with E-state index in [1.54, 1.807) is 0 Å². The van der Waals surface area contributed by atoms with E-state index in [2.05, 4.69) is 46.1 Å². The Morgan fingerprint density at radius 2 is 2.10 bits per heavy atom. The zero-order chi connectivity index (χ0) is 14.4. The van der Waals surface area contributed by atoms with Gasteiger partial charge in [-0.15, -0.1) is 0 Å². The van der Waals surface area contributed by atoms with Crippen LogP contribution in [0.5, 0.6) is 0 Å². The lowest BCUT2D eigenvalue weighted by Gasteiger charge is -2.31. The molecule has 1 saturated heterocycles. The molecule has 1 aromatic heterocycles. The Kier molecular flexibility index (Phi) is 5.59. The van der Waals surface area contributed by atoms with Crippen molar-refractivity contribution >= 4 is 11.8 Å². The molecule has 2 heterocycles. The molecule has 1 fully saturated rings. The van der Waals surface area contributed by atoms with Crippen molar-refractivity contribution in [2.75, 3.05) is 50.5 Å². The smallest absolute Gasteiger partial charge is 0.224 e. The van der Waals surface area contributed by atoms with E-state index in [0.29, 0.717) is 0 Å². The van der Waals surface area contributed by atoms with Gasteiger partial charge in [0, 0.05) is 25.8 Å². The Morgan fingerprint density at radius 1 is 1.35 bits per heavy atom. The maximum atomic E-state index is 4.63. The van der Waals surface area contributed by atoms with Gasteiger partial charge in [0.25, 0.3) is 0 Å². The standard InChI is InChI=1S/C15H27N5/c1-13-6-11-20(12-7-13)14-5-9-17-15(18-14)16-8-4-10-19(2)3/h5,9,13H,4,6-8,10-12H2,1-3H3,(H,16,17,18). The first-order valence-corrected chi connectivity index (χ1v) is 7.62. The van der Waals surface area contributed by atoms with Crippen molar-refractivity contribution < 1.29 is 0 Å². The van der Waals surface area contributed by atoms with Crippen LogP contribution in [-0.2, 0) is 0 Å². The van der Waals surface area contributed by atoms with Gasteiger partial charge in [-0.3, -0.25) is 0 Å². The first kappa shape index (κ1) is 15.0. The average Bonchev–Trinajstić information content (AvgIpc) is 2.44. The van der Waals surface area contributed by atoms with Crippen LogP contribution in [0.1, 0.15) is 26.2 Å². The van der Waals surface area contributed by atoms with E-state index in [0.717, 1.165) is 50.3 Å². The van der Waals surface area contributed by atoms with E-state index in [1.807, 2.05) is 12.3 Å². The number of hydrogen-bond donors (Lipinski definition) is 1. The summed E-state index contributed by atoms with van der Waals surface area (Å²) in [5.41, 5.74) is 0. The molecule has 0 aliphatic carbocycles. The van der Waals surface area contributed by atoms with Gasteiger partial charge in [0.1, 0.15) is 5.82 Å². The van der Waals surface area contributed by atoms with E-state index < -0.39 is 0 Å². The number of aromatic nitrogens is 2. The molecule has 0 unspecified atom stereocenters. The Balaban J connectivity index is 1.84. The summed E-state index contributed by atoms with van der Waals surface area (Å²) in [5, 5.41) is 3.31. The van der Waals surface area contributed by atoms with Crippen LogP contribution < -0.4 is 10.2 Å². The summed E-state index contributed by atoms with van der Waals surface area (Å²) in [6.07, 6.45) is 5.47. The minimum atomic E-state index is 0.750. The molecule has 1 aliphatic rings. The topological polar surface area (TPSA) is 44.3 Å². The summed E-state index contributed by atoms with van der Waals surface area (Å²) < 4.78 is 0. The molecule has 0 radical (unpaired) electrons. The summed E-state index contributed by atoms with van der Waals surface area (Å²) in [5.74, 6) is 2.65. The maximum absolute atomic E-state index is 4.63. The second-order valence-electron chi connectivity index (χ2n) is 5.99. The Hall–Kier alpha value is -1.36. The van der Waals surface area contributed by atoms with Gasteiger partial charge in [0.2, 0.25) is 5.95 Å². The van der Waals surface area contributed by atoms with Crippen LogP contribution in [0.15, 0.2) is 12.3 Å². The average molecular weight is 277 g/mol. The number of hydrogen-bond acceptors (Lipinski definition) is 5. The van der Waals surface area contributed by atoms with Crippen LogP contribution in [0.3, 0.4) is 0 Å². The molecule has 0 saturated carbocycles. The van der Waals surface area contributed by atoms with E-state index >= 15 is 0 Å². The number of nitrogens with one attached hydrogen (secondary N) is 1. The third kappa shape index (κ3) is 4.63. The molecule has 0 atom stereocenters. The van der Waals surface area contributed by atoms with Crippen LogP contribution in [0.4, 0.5) is 11.8 Å². The summed E-state index contributed by atoms with van der Waals surface area (Å²) in [6, 6.07) is 2.01. The largest absolute Gasteiger partial charge is 0.356 e. The molecule has 112 valence electrons. The quantitative estimate of drug-likeness (QED) is 0.807. The zero-order valence-electron chi connectivity index (χ0n) is 13.0. The van der Waals surface area contributed by atoms with Crippen LogP contribution >= 0.6 is 0 Å². The molecular formula is C15H27N5. The third-order valence-electron chi connectivity index (χ3n) is 3.81. The number of nitrogens with zero attached hydrogens (tertiary/aromatic N) is 4. The Bertz CT molecular complexity index is 399. The van der Waals surface area contributed by atoms with Crippen molar-refractivity contribution in [1.82, 2.24) is 14.9 Å². The van der Waals surface area contributed by atoms with Crippen molar-refractivity contribution in [3.8, 4) is 0 Å². The van der Waals surface area contributed by atoms with Gasteiger partial charge >= 0.3 is 0 Å². The van der Waals surface area contributed by atoms with Gasteiger partial charge in [0.15, 0.2) is 0 Å². The minimum Gasteiger partial charge on any atom is -0.356 e. The normalized spacial score (nSPS) is 16.7. The Morgan fingerprint density at radius 3 is 2.80 bits per heavy atom. The fraction of sp³-hybridized carbons (Fsp3) is 0.733. The van der Waals surface area contributed by atoms with Gasteiger partial charge in [-0.25, -0.2) is 4.98 Å². The lowest BCUT2D eigenvalue weighted by Crippen LogP contribution is -2.33. The second kappa shape index (κ2) is 7.43. The fourth-order valence-electron chi connectivity index (χ4n) is 2.44. The predicted octanol–water partition coefficient (Wildman–Crippen LogP) is 2.08. The molecule has 5 heteroatoms. The Labute approximate surface area is 122 Å². The van der Waals surface area contributed by atoms with Crippen LogP contribution in [0, 0.1) is 5.92 Å². The lowest BCUT2D eigenvalue weighted by atomic mass is 9.99. The van der Waals surface area contributed by atoms with Gasteiger partial charge in [-0.1, -0.05) is 6.92 Å². The van der Waals surface area contributed by atoms with Gasteiger partial charge in [0.05, 0.1) is 0 Å². The summed E-state index contributed by atoms with van der Waals surface area (Å²) in [4.78, 5) is 13.5. The molecule has 1 N–H and O–H groups in total. The summed E-state index contributed by atoms with van der Waals surface area (Å²) >= 11 is 0. The zero-order valence-corrected chi connectivity index (χ0v) is 13.0. The fourth-order valence-corrected chi connectivity index (χ4v) is 2.44. The first-order chi connectivity index (χ1) is 9.65. The number of anilines is 2. The molecule has 5 nitrogen and oxygen atoms in total. The van der Waals surface area contributed by atoms with E-state index in [1.165, 1.54) is 12.8 Å². The van der Waals surface area contributed by atoms with Crippen molar-refractivity contribution in [1.29, 1.82) is 0 Å². The molecule has 0 amide bonds. The maximum Gasteiger partial charge on any atom is 0.224 e. The van der Waals surface area contributed by atoms with Gasteiger partial charge < -0.3 is 15.1 Å². The number of piperidine rings is 1. The van der Waals surface area contributed by atoms with Crippen molar-refractivity contribution in [2.24, 2.45) is 5.92 Å². The molecule has 0 spiro atoms. The molecule has 2 rings (SSSR count). The highest BCUT2D eigenvalue weighted by Crippen LogP contribution is 2.21. The highest BCUT2D eigenvalue weighted by Gasteiger charge is 2.17. The van der Waals surface area contributed by atoms with Gasteiger partial charge in [-0.2, -0.15) is 4.98 Å². The van der Waals surface area contributed by atoms with Crippen molar-refractivity contribution in [3.05, 3.63) is 12.3 Å². The first-order valence-electron chi connectivity index (χ1n) is 7.62. The van der Waals surface area contributed by atoms with Crippen molar-refractivity contribution in [3.63, 3.8) is 0 Å². The SMILES string of the molecule is CC1CCN(c2ccnc(NCCCN(C)C)n2)CC1. The van der Waals surface area contributed by atoms with E-state index in [9.17, 15) is 0 Å². The third-order valence-corrected chi connectivity index (χ3v) is 3.81. The van der Waals surface area contributed by atoms with E-state index in [4.69, 9.17) is 0 Å². The highest BCUT2D eigenvalue weighted by atomic mass is 15.2. The highest BCUT2D eigenvalue weighted by molar-refractivity contribution is 5.42.